The van der Waals surface area contributed by atoms with Gasteiger partial charge < -0.3 is 4.90 Å². The Bertz CT molecular complexity index is 1410. The molecule has 0 spiro atoms. The van der Waals surface area contributed by atoms with E-state index in [1.807, 2.05) is 0 Å². The summed E-state index contributed by atoms with van der Waals surface area (Å²) in [5, 5.41) is 0. The number of thiol groups is 1. The fourth-order valence-electron chi connectivity index (χ4n) is 6.81. The predicted octanol–water partition coefficient (Wildman–Crippen LogP) is 9.41. The van der Waals surface area contributed by atoms with Crippen molar-refractivity contribution < 1.29 is 4.58 Å². The lowest BCUT2D eigenvalue weighted by Crippen LogP contribution is -2.27. The average molecular weight is 538 g/mol. The average Bonchev–Trinajstić information content (AvgIpc) is 3.27. The van der Waals surface area contributed by atoms with Crippen LogP contribution in [0.4, 0.5) is 11.4 Å². The fourth-order valence-corrected chi connectivity index (χ4v) is 7.18. The highest BCUT2D eigenvalue weighted by Gasteiger charge is 2.44. The van der Waals surface area contributed by atoms with Crippen molar-refractivity contribution in [3.8, 4) is 0 Å². The molecule has 0 radical (unpaired) electrons. The molecule has 0 amide bonds. The zero-order valence-corrected chi connectivity index (χ0v) is 25.6. The van der Waals surface area contributed by atoms with Crippen molar-refractivity contribution >= 4 is 29.7 Å². The molecule has 3 heteroatoms. The first-order valence-corrected chi connectivity index (χ1v) is 15.3. The molecule has 5 rings (SSSR count). The monoisotopic (exact) mass is 537 g/mol. The number of anilines is 1. The van der Waals surface area contributed by atoms with Crippen LogP contribution in [-0.4, -0.2) is 23.4 Å². The van der Waals surface area contributed by atoms with Gasteiger partial charge in [0.25, 0.3) is 0 Å². The van der Waals surface area contributed by atoms with E-state index in [1.54, 1.807) is 0 Å². The Balaban J connectivity index is 1.49. The SMILES string of the molecule is CCCN1/C(=C/C=C2\CCCC(/C=C/C3=[N+](CCC)c4ccccc4C3(C)C)=C2S)C(C)(C)c2ccccc21. The van der Waals surface area contributed by atoms with E-state index in [9.17, 15) is 0 Å². The second-order valence-corrected chi connectivity index (χ2v) is 12.7. The molecule has 0 N–H and O–H groups in total. The van der Waals surface area contributed by atoms with Gasteiger partial charge in [-0.25, -0.2) is 0 Å². The van der Waals surface area contributed by atoms with E-state index in [1.165, 1.54) is 51.5 Å². The maximum absolute atomic E-state index is 5.11. The molecule has 2 aliphatic heterocycles. The van der Waals surface area contributed by atoms with Crippen LogP contribution in [0.2, 0.25) is 0 Å². The molecule has 3 aliphatic rings. The quantitative estimate of drug-likeness (QED) is 0.273. The third kappa shape index (κ3) is 4.88. The summed E-state index contributed by atoms with van der Waals surface area (Å²) in [6, 6.07) is 17.8. The van der Waals surface area contributed by atoms with Crippen LogP contribution < -0.4 is 4.90 Å². The minimum atomic E-state index is -0.0108. The zero-order chi connectivity index (χ0) is 27.8. The van der Waals surface area contributed by atoms with Crippen LogP contribution in [0.15, 0.2) is 94.6 Å². The largest absolute Gasteiger partial charge is 0.344 e. The van der Waals surface area contributed by atoms with Gasteiger partial charge in [-0.15, -0.1) is 12.6 Å². The predicted molar refractivity (Wildman–Crippen MR) is 172 cm³/mol. The minimum Gasteiger partial charge on any atom is -0.344 e. The molecule has 0 aromatic heterocycles. The van der Waals surface area contributed by atoms with Crippen LogP contribution in [0.3, 0.4) is 0 Å². The van der Waals surface area contributed by atoms with E-state index < -0.39 is 0 Å². The maximum atomic E-state index is 5.11. The number of fused-ring (bicyclic) bond motifs is 2. The molecule has 1 aliphatic carbocycles. The van der Waals surface area contributed by atoms with E-state index >= 15 is 0 Å². The van der Waals surface area contributed by atoms with Crippen LogP contribution in [0.25, 0.3) is 0 Å². The van der Waals surface area contributed by atoms with E-state index in [0.717, 1.165) is 43.7 Å². The van der Waals surface area contributed by atoms with Crippen molar-refractivity contribution in [3.63, 3.8) is 0 Å². The van der Waals surface area contributed by atoms with Gasteiger partial charge in [-0.1, -0.05) is 76.2 Å². The van der Waals surface area contributed by atoms with Crippen molar-refractivity contribution in [2.75, 3.05) is 18.0 Å². The number of benzene rings is 2. The molecule has 2 heterocycles. The molecule has 39 heavy (non-hydrogen) atoms. The molecule has 0 saturated carbocycles. The Morgan fingerprint density at radius 2 is 1.56 bits per heavy atom. The van der Waals surface area contributed by atoms with Gasteiger partial charge in [0.2, 0.25) is 5.69 Å². The number of rotatable bonds is 7. The third-order valence-electron chi connectivity index (χ3n) is 8.88. The first-order valence-electron chi connectivity index (χ1n) is 14.8. The zero-order valence-electron chi connectivity index (χ0n) is 24.7. The molecule has 0 saturated heterocycles. The molecule has 0 atom stereocenters. The molecule has 2 nitrogen and oxygen atoms in total. The minimum absolute atomic E-state index is 0.0108. The maximum Gasteiger partial charge on any atom is 0.209 e. The van der Waals surface area contributed by atoms with E-state index in [0.29, 0.717) is 0 Å². The normalized spacial score (nSPS) is 22.0. The van der Waals surface area contributed by atoms with Gasteiger partial charge in [0.15, 0.2) is 5.71 Å². The molecule has 2 aromatic carbocycles. The van der Waals surface area contributed by atoms with E-state index in [-0.39, 0.29) is 10.8 Å². The highest BCUT2D eigenvalue weighted by atomic mass is 32.1. The second-order valence-electron chi connectivity index (χ2n) is 12.3. The molecule has 0 bridgehead atoms. The van der Waals surface area contributed by atoms with E-state index in [4.69, 9.17) is 12.6 Å². The van der Waals surface area contributed by atoms with Gasteiger partial charge in [-0.3, -0.25) is 0 Å². The number of allylic oxidation sites excluding steroid dienone is 7. The number of nitrogens with zero attached hydrogens (tertiary/aromatic N) is 2. The summed E-state index contributed by atoms with van der Waals surface area (Å²) in [6.45, 7) is 16.1. The Morgan fingerprint density at radius 1 is 0.846 bits per heavy atom. The summed E-state index contributed by atoms with van der Waals surface area (Å²) >= 11 is 5.11. The topological polar surface area (TPSA) is 6.25 Å². The van der Waals surface area contributed by atoms with Gasteiger partial charge >= 0.3 is 0 Å². The summed E-state index contributed by atoms with van der Waals surface area (Å²) in [7, 11) is 0. The number of hydrogen-bond donors (Lipinski definition) is 1. The van der Waals surface area contributed by atoms with Gasteiger partial charge in [-0.05, 0) is 68.4 Å². The lowest BCUT2D eigenvalue weighted by molar-refractivity contribution is -0.437. The first-order chi connectivity index (χ1) is 18.7. The van der Waals surface area contributed by atoms with Crippen LogP contribution in [0.1, 0.15) is 84.8 Å². The Labute approximate surface area is 241 Å². The van der Waals surface area contributed by atoms with Crippen molar-refractivity contribution in [1.29, 1.82) is 0 Å². The van der Waals surface area contributed by atoms with Crippen molar-refractivity contribution in [2.45, 2.75) is 84.5 Å². The van der Waals surface area contributed by atoms with Gasteiger partial charge in [0.05, 0.1) is 5.41 Å². The summed E-state index contributed by atoms with van der Waals surface area (Å²) in [4.78, 5) is 3.68. The standard InChI is InChI=1S/C36H44N2S/c1-7-24-37-30-18-11-9-16-28(30)35(3,4)32(37)22-20-26-14-13-15-27(34(26)39)21-23-33-36(5,6)29-17-10-12-19-31(29)38(33)25-8-2/h9-12,16-23H,7-8,13-15,24-25H2,1-6H3/p+1/b26-20+,32-22+. The first kappa shape index (κ1) is 27.8. The fraction of sp³-hybridized carbons (Fsp3) is 0.417. The van der Waals surface area contributed by atoms with Crippen LogP contribution in [-0.2, 0) is 10.8 Å². The lowest BCUT2D eigenvalue weighted by Gasteiger charge is -2.27. The second kappa shape index (κ2) is 11.0. The Hall–Kier alpha value is -2.78. The molecule has 204 valence electrons. The highest BCUT2D eigenvalue weighted by Crippen LogP contribution is 2.48. The molecule has 0 fully saturated rings. The number of para-hydroxylation sites is 2. The van der Waals surface area contributed by atoms with Crippen LogP contribution in [0, 0.1) is 0 Å². The summed E-state index contributed by atoms with van der Waals surface area (Å²) < 4.78 is 2.52. The number of hydrogen-bond acceptors (Lipinski definition) is 2. The van der Waals surface area contributed by atoms with Crippen molar-refractivity contribution in [3.05, 3.63) is 106 Å². The molecule has 0 unspecified atom stereocenters. The smallest absolute Gasteiger partial charge is 0.209 e. The van der Waals surface area contributed by atoms with Gasteiger partial charge in [0, 0.05) is 52.4 Å². The summed E-state index contributed by atoms with van der Waals surface area (Å²) in [5.41, 5.74) is 11.0. The van der Waals surface area contributed by atoms with Crippen LogP contribution >= 0.6 is 12.6 Å². The summed E-state index contributed by atoms with van der Waals surface area (Å²) in [5.74, 6) is 0. The highest BCUT2D eigenvalue weighted by molar-refractivity contribution is 7.84. The van der Waals surface area contributed by atoms with Crippen molar-refractivity contribution in [1.82, 2.24) is 0 Å². The van der Waals surface area contributed by atoms with Crippen LogP contribution in [0.5, 0.6) is 0 Å². The lowest BCUT2D eigenvalue weighted by atomic mass is 9.81. The third-order valence-corrected chi connectivity index (χ3v) is 9.45. The van der Waals surface area contributed by atoms with Crippen molar-refractivity contribution in [2.24, 2.45) is 0 Å². The Kier molecular flexibility index (Phi) is 7.84. The van der Waals surface area contributed by atoms with Gasteiger partial charge in [-0.2, -0.15) is 4.58 Å². The Morgan fingerprint density at radius 3 is 2.31 bits per heavy atom. The van der Waals surface area contributed by atoms with Gasteiger partial charge in [0.1, 0.15) is 6.54 Å². The summed E-state index contributed by atoms with van der Waals surface area (Å²) in [6.07, 6.45) is 15.0. The molecular weight excluding hydrogens is 492 g/mol. The van der Waals surface area contributed by atoms with E-state index in [2.05, 4.69) is 124 Å². The molecular formula is C36H45N2S+. The molecule has 2 aromatic rings.